The van der Waals surface area contributed by atoms with Crippen LogP contribution in [0.2, 0.25) is 0 Å². The number of ether oxygens (including phenoxy) is 1. The maximum Gasteiger partial charge on any atom is 0.266 e. The topological polar surface area (TPSA) is 51.2 Å². The SMILES string of the molecule is Cc1cccnc1NC(=O)C(C)Oc1ccc(Br)cc1. The van der Waals surface area contributed by atoms with E-state index in [9.17, 15) is 4.79 Å². The Hall–Kier alpha value is -1.88. The van der Waals surface area contributed by atoms with Crippen molar-refractivity contribution < 1.29 is 9.53 Å². The Bertz CT molecular complexity index is 599. The Morgan fingerprint density at radius 1 is 1.30 bits per heavy atom. The van der Waals surface area contributed by atoms with Crippen LogP contribution in [0.3, 0.4) is 0 Å². The lowest BCUT2D eigenvalue weighted by atomic mass is 10.2. The van der Waals surface area contributed by atoms with Crippen LogP contribution in [0.1, 0.15) is 12.5 Å². The molecule has 4 nitrogen and oxygen atoms in total. The average molecular weight is 335 g/mol. The highest BCUT2D eigenvalue weighted by Crippen LogP contribution is 2.18. The molecule has 0 radical (unpaired) electrons. The second-order valence-electron chi connectivity index (χ2n) is 4.37. The van der Waals surface area contributed by atoms with E-state index in [4.69, 9.17) is 4.74 Å². The number of hydrogen-bond acceptors (Lipinski definition) is 3. The fourth-order valence-electron chi connectivity index (χ4n) is 1.61. The molecule has 104 valence electrons. The molecule has 1 N–H and O–H groups in total. The summed E-state index contributed by atoms with van der Waals surface area (Å²) in [5.41, 5.74) is 0.914. The molecule has 0 saturated carbocycles. The Labute approximate surface area is 126 Å². The van der Waals surface area contributed by atoms with E-state index >= 15 is 0 Å². The second kappa shape index (κ2) is 6.52. The number of carbonyl (C=O) groups excluding carboxylic acids is 1. The van der Waals surface area contributed by atoms with Crippen LogP contribution in [0, 0.1) is 6.92 Å². The molecule has 1 heterocycles. The molecule has 1 atom stereocenters. The van der Waals surface area contributed by atoms with Gasteiger partial charge in [0.15, 0.2) is 6.10 Å². The highest BCUT2D eigenvalue weighted by molar-refractivity contribution is 9.10. The lowest BCUT2D eigenvalue weighted by Crippen LogP contribution is -2.30. The zero-order valence-electron chi connectivity index (χ0n) is 11.3. The van der Waals surface area contributed by atoms with Gasteiger partial charge in [-0.2, -0.15) is 0 Å². The summed E-state index contributed by atoms with van der Waals surface area (Å²) >= 11 is 3.35. The van der Waals surface area contributed by atoms with Crippen LogP contribution in [0.25, 0.3) is 0 Å². The maximum atomic E-state index is 12.1. The van der Waals surface area contributed by atoms with Crippen molar-refractivity contribution in [2.24, 2.45) is 0 Å². The number of nitrogens with one attached hydrogen (secondary N) is 1. The summed E-state index contributed by atoms with van der Waals surface area (Å²) in [5.74, 6) is 0.979. The number of halogens is 1. The Morgan fingerprint density at radius 2 is 2.00 bits per heavy atom. The zero-order chi connectivity index (χ0) is 14.5. The molecule has 1 amide bonds. The number of anilines is 1. The normalized spacial score (nSPS) is 11.8. The van der Waals surface area contributed by atoms with Gasteiger partial charge in [0.05, 0.1) is 0 Å². The molecular formula is C15H15BrN2O2. The minimum atomic E-state index is -0.599. The van der Waals surface area contributed by atoms with E-state index in [0.717, 1.165) is 10.0 Å². The largest absolute Gasteiger partial charge is 0.481 e. The van der Waals surface area contributed by atoms with Crippen molar-refractivity contribution in [1.82, 2.24) is 4.98 Å². The average Bonchev–Trinajstić information content (AvgIpc) is 2.44. The summed E-state index contributed by atoms with van der Waals surface area (Å²) in [6.45, 7) is 3.60. The quantitative estimate of drug-likeness (QED) is 0.929. The summed E-state index contributed by atoms with van der Waals surface area (Å²) in [5, 5.41) is 2.76. The van der Waals surface area contributed by atoms with E-state index in [1.807, 2.05) is 31.2 Å². The summed E-state index contributed by atoms with van der Waals surface area (Å²) in [7, 11) is 0. The molecule has 5 heteroatoms. The van der Waals surface area contributed by atoms with E-state index in [2.05, 4.69) is 26.2 Å². The first-order valence-corrected chi connectivity index (χ1v) is 7.00. The number of amides is 1. The van der Waals surface area contributed by atoms with Gasteiger partial charge in [0.1, 0.15) is 11.6 Å². The minimum absolute atomic E-state index is 0.227. The molecule has 0 spiro atoms. The highest BCUT2D eigenvalue weighted by Gasteiger charge is 2.16. The Morgan fingerprint density at radius 3 is 2.65 bits per heavy atom. The lowest BCUT2D eigenvalue weighted by Gasteiger charge is -2.15. The van der Waals surface area contributed by atoms with Gasteiger partial charge in [0.2, 0.25) is 0 Å². The number of aryl methyl sites for hydroxylation is 1. The molecule has 0 bridgehead atoms. The fourth-order valence-corrected chi connectivity index (χ4v) is 1.87. The van der Waals surface area contributed by atoms with Crippen LogP contribution >= 0.6 is 15.9 Å². The third-order valence-electron chi connectivity index (χ3n) is 2.75. The van der Waals surface area contributed by atoms with Crippen LogP contribution < -0.4 is 10.1 Å². The number of pyridine rings is 1. The van der Waals surface area contributed by atoms with Crippen LogP contribution in [0.5, 0.6) is 5.75 Å². The predicted octanol–water partition coefficient (Wildman–Crippen LogP) is 3.56. The number of benzene rings is 1. The number of nitrogens with zero attached hydrogens (tertiary/aromatic N) is 1. The molecule has 0 saturated heterocycles. The van der Waals surface area contributed by atoms with E-state index in [1.165, 1.54) is 0 Å². The van der Waals surface area contributed by atoms with Gasteiger partial charge in [0, 0.05) is 10.7 Å². The molecule has 0 aliphatic heterocycles. The third-order valence-corrected chi connectivity index (χ3v) is 3.28. The molecule has 2 aromatic rings. The number of hydrogen-bond donors (Lipinski definition) is 1. The van der Waals surface area contributed by atoms with Gasteiger partial charge in [-0.25, -0.2) is 4.98 Å². The monoisotopic (exact) mass is 334 g/mol. The van der Waals surface area contributed by atoms with E-state index in [1.54, 1.807) is 25.3 Å². The van der Waals surface area contributed by atoms with E-state index in [0.29, 0.717) is 11.6 Å². The van der Waals surface area contributed by atoms with Crippen LogP contribution in [0.15, 0.2) is 47.1 Å². The van der Waals surface area contributed by atoms with E-state index in [-0.39, 0.29) is 5.91 Å². The summed E-state index contributed by atoms with van der Waals surface area (Å²) in [4.78, 5) is 16.2. The second-order valence-corrected chi connectivity index (χ2v) is 5.29. The number of aromatic nitrogens is 1. The molecule has 1 aromatic carbocycles. The first-order chi connectivity index (χ1) is 9.56. The molecule has 0 aliphatic rings. The first kappa shape index (κ1) is 14.5. The van der Waals surface area contributed by atoms with Crippen molar-refractivity contribution in [3.8, 4) is 5.75 Å². The van der Waals surface area contributed by atoms with Gasteiger partial charge < -0.3 is 10.1 Å². The number of carbonyl (C=O) groups is 1. The highest BCUT2D eigenvalue weighted by atomic mass is 79.9. The molecule has 2 rings (SSSR count). The van der Waals surface area contributed by atoms with Gasteiger partial charge >= 0.3 is 0 Å². The van der Waals surface area contributed by atoms with Gasteiger partial charge in [-0.05, 0) is 49.7 Å². The predicted molar refractivity (Wildman–Crippen MR) is 81.8 cm³/mol. The zero-order valence-corrected chi connectivity index (χ0v) is 12.8. The van der Waals surface area contributed by atoms with Crippen LogP contribution in [0.4, 0.5) is 5.82 Å². The fraction of sp³-hybridized carbons (Fsp3) is 0.200. The summed E-state index contributed by atoms with van der Waals surface area (Å²) in [6.07, 6.45) is 1.04. The number of rotatable bonds is 4. The maximum absolute atomic E-state index is 12.1. The van der Waals surface area contributed by atoms with Gasteiger partial charge in [0.25, 0.3) is 5.91 Å². The van der Waals surface area contributed by atoms with Gasteiger partial charge in [-0.1, -0.05) is 22.0 Å². The molecular weight excluding hydrogens is 320 g/mol. The smallest absolute Gasteiger partial charge is 0.266 e. The van der Waals surface area contributed by atoms with Crippen molar-refractivity contribution in [2.75, 3.05) is 5.32 Å². The van der Waals surface area contributed by atoms with Gasteiger partial charge in [-0.15, -0.1) is 0 Å². The third kappa shape index (κ3) is 3.81. The summed E-state index contributed by atoms with van der Waals surface area (Å²) < 4.78 is 6.55. The molecule has 0 aliphatic carbocycles. The van der Waals surface area contributed by atoms with Crippen molar-refractivity contribution >= 4 is 27.7 Å². The lowest BCUT2D eigenvalue weighted by molar-refractivity contribution is -0.122. The van der Waals surface area contributed by atoms with Crippen molar-refractivity contribution in [3.63, 3.8) is 0 Å². The van der Waals surface area contributed by atoms with Crippen molar-refractivity contribution in [2.45, 2.75) is 20.0 Å². The van der Waals surface area contributed by atoms with Crippen LogP contribution in [-0.4, -0.2) is 17.0 Å². The first-order valence-electron chi connectivity index (χ1n) is 6.21. The Balaban J connectivity index is 1.99. The van der Waals surface area contributed by atoms with Crippen molar-refractivity contribution in [1.29, 1.82) is 0 Å². The van der Waals surface area contributed by atoms with E-state index < -0.39 is 6.10 Å². The molecule has 1 unspecified atom stereocenters. The van der Waals surface area contributed by atoms with Gasteiger partial charge in [-0.3, -0.25) is 4.79 Å². The minimum Gasteiger partial charge on any atom is -0.481 e. The molecule has 0 fully saturated rings. The molecule has 1 aromatic heterocycles. The standard InChI is InChI=1S/C15H15BrN2O2/c1-10-4-3-9-17-14(10)18-15(19)11(2)20-13-7-5-12(16)6-8-13/h3-9,11H,1-2H3,(H,17,18,19). The summed E-state index contributed by atoms with van der Waals surface area (Å²) in [6, 6.07) is 11.1. The molecule has 20 heavy (non-hydrogen) atoms. The van der Waals surface area contributed by atoms with Crippen molar-refractivity contribution in [3.05, 3.63) is 52.6 Å². The Kier molecular flexibility index (Phi) is 4.74. The van der Waals surface area contributed by atoms with Crippen LogP contribution in [-0.2, 0) is 4.79 Å².